The monoisotopic (exact) mass is 422 g/mol. The van der Waals surface area contributed by atoms with Gasteiger partial charge in [0, 0.05) is 24.7 Å². The van der Waals surface area contributed by atoms with Gasteiger partial charge in [0.1, 0.15) is 37.0 Å². The van der Waals surface area contributed by atoms with E-state index in [-0.39, 0.29) is 31.2 Å². The molecule has 28 heavy (non-hydrogen) atoms. The van der Waals surface area contributed by atoms with Gasteiger partial charge in [-0.2, -0.15) is 0 Å². The summed E-state index contributed by atoms with van der Waals surface area (Å²) in [5, 5.41) is 32.7. The molecule has 2 rings (SSSR count). The number of carbonyl (C=O) groups excluding carboxylic acids is 2. The van der Waals surface area contributed by atoms with E-state index in [0.717, 1.165) is 0 Å². The first-order valence-electron chi connectivity index (χ1n) is 8.72. The number of hydrogen-bond donors (Lipinski definition) is 6. The summed E-state index contributed by atoms with van der Waals surface area (Å²) in [4.78, 5) is 30.2. The second kappa shape index (κ2) is 11.3. The Morgan fingerprint density at radius 1 is 1.39 bits per heavy atom. The Labute approximate surface area is 168 Å². The van der Waals surface area contributed by atoms with Gasteiger partial charge in [0.2, 0.25) is 5.91 Å². The SMILES string of the molecule is CCCC(=O)N[C@H]1C(O)O[C@H](COC(=O)C(N)Cc2cnc[nH]2)[C@@H](O)[C@@H]1O.Cl. The van der Waals surface area contributed by atoms with Gasteiger partial charge >= 0.3 is 5.97 Å². The zero-order valence-corrected chi connectivity index (χ0v) is 16.2. The number of H-pyrrole nitrogens is 1. The normalized spacial score (nSPS) is 28.1. The number of aliphatic hydroxyl groups is 3. The maximum absolute atomic E-state index is 12.0. The average Bonchev–Trinajstić information content (AvgIpc) is 3.13. The molecule has 1 aliphatic rings. The summed E-state index contributed by atoms with van der Waals surface area (Å²) in [6.07, 6.45) is -1.73. The van der Waals surface area contributed by atoms with Crippen LogP contribution in [0.1, 0.15) is 25.5 Å². The number of ether oxygens (including phenoxy) is 2. The van der Waals surface area contributed by atoms with E-state index in [4.69, 9.17) is 15.2 Å². The highest BCUT2D eigenvalue weighted by molar-refractivity contribution is 5.85. The van der Waals surface area contributed by atoms with Crippen molar-refractivity contribution in [3.05, 3.63) is 18.2 Å². The number of imidazole rings is 1. The fourth-order valence-electron chi connectivity index (χ4n) is 2.71. The fraction of sp³-hybridized carbons (Fsp3) is 0.688. The van der Waals surface area contributed by atoms with E-state index in [2.05, 4.69) is 15.3 Å². The molecule has 160 valence electrons. The third kappa shape index (κ3) is 6.40. The molecule has 7 N–H and O–H groups in total. The molecule has 0 aromatic carbocycles. The van der Waals surface area contributed by atoms with Crippen molar-refractivity contribution in [2.45, 2.75) is 62.9 Å². The van der Waals surface area contributed by atoms with Gasteiger partial charge in [0.05, 0.1) is 6.33 Å². The van der Waals surface area contributed by atoms with Crippen molar-refractivity contribution in [3.8, 4) is 0 Å². The number of aromatic amines is 1. The first-order chi connectivity index (χ1) is 12.8. The van der Waals surface area contributed by atoms with Crippen molar-refractivity contribution < 1.29 is 34.4 Å². The molecule has 0 bridgehead atoms. The Balaban J connectivity index is 0.00000392. The maximum Gasteiger partial charge on any atom is 0.323 e. The minimum Gasteiger partial charge on any atom is -0.462 e. The van der Waals surface area contributed by atoms with Gasteiger partial charge in [-0.3, -0.25) is 9.59 Å². The number of carbonyl (C=O) groups is 2. The summed E-state index contributed by atoms with van der Waals surface area (Å²) in [7, 11) is 0. The van der Waals surface area contributed by atoms with E-state index in [1.54, 1.807) is 6.92 Å². The zero-order valence-electron chi connectivity index (χ0n) is 15.4. The Morgan fingerprint density at radius 3 is 2.71 bits per heavy atom. The summed E-state index contributed by atoms with van der Waals surface area (Å²) in [5.74, 6) is -1.12. The lowest BCUT2D eigenvalue weighted by Gasteiger charge is -2.40. The number of aliphatic hydroxyl groups excluding tert-OH is 3. The van der Waals surface area contributed by atoms with Gasteiger partial charge in [0.25, 0.3) is 0 Å². The molecular formula is C16H27ClN4O7. The molecule has 0 spiro atoms. The highest BCUT2D eigenvalue weighted by Crippen LogP contribution is 2.20. The Morgan fingerprint density at radius 2 is 2.11 bits per heavy atom. The van der Waals surface area contributed by atoms with Gasteiger partial charge < -0.3 is 40.8 Å². The highest BCUT2D eigenvalue weighted by atomic mass is 35.5. The van der Waals surface area contributed by atoms with E-state index in [1.807, 2.05) is 0 Å². The predicted octanol–water partition coefficient (Wildman–Crippen LogP) is -2.03. The van der Waals surface area contributed by atoms with Crippen molar-refractivity contribution in [3.63, 3.8) is 0 Å². The molecule has 1 aromatic rings. The minimum absolute atomic E-state index is 0. The first-order valence-corrected chi connectivity index (χ1v) is 8.72. The van der Waals surface area contributed by atoms with Gasteiger partial charge in [-0.15, -0.1) is 12.4 Å². The van der Waals surface area contributed by atoms with Crippen LogP contribution in [0.15, 0.2) is 12.5 Å². The third-order valence-corrected chi connectivity index (χ3v) is 4.21. The number of rotatable bonds is 8. The van der Waals surface area contributed by atoms with Crippen LogP contribution in [-0.4, -0.2) is 80.5 Å². The number of esters is 1. The van der Waals surface area contributed by atoms with Gasteiger partial charge in [0.15, 0.2) is 6.29 Å². The number of amides is 1. The molecule has 1 saturated heterocycles. The van der Waals surface area contributed by atoms with E-state index in [1.165, 1.54) is 12.5 Å². The highest BCUT2D eigenvalue weighted by Gasteiger charge is 2.45. The van der Waals surface area contributed by atoms with Gasteiger partial charge in [-0.25, -0.2) is 4.98 Å². The maximum atomic E-state index is 12.0. The summed E-state index contributed by atoms with van der Waals surface area (Å²) in [5.41, 5.74) is 6.40. The summed E-state index contributed by atoms with van der Waals surface area (Å²) in [6.45, 7) is 1.39. The molecule has 0 saturated carbocycles. The van der Waals surface area contributed by atoms with Crippen LogP contribution in [0, 0.1) is 0 Å². The summed E-state index contributed by atoms with van der Waals surface area (Å²) < 4.78 is 10.2. The minimum atomic E-state index is -1.56. The Bertz CT molecular complexity index is 618. The quantitative estimate of drug-likeness (QED) is 0.257. The second-order valence-corrected chi connectivity index (χ2v) is 6.41. The van der Waals surface area contributed by atoms with Crippen LogP contribution in [0.25, 0.3) is 0 Å². The topological polar surface area (TPSA) is 180 Å². The zero-order chi connectivity index (χ0) is 20.0. The predicted molar refractivity (Wildman–Crippen MR) is 98.2 cm³/mol. The summed E-state index contributed by atoms with van der Waals surface area (Å²) in [6, 6.07) is -2.14. The van der Waals surface area contributed by atoms with Crippen molar-refractivity contribution in [1.29, 1.82) is 0 Å². The molecule has 0 aliphatic carbocycles. The molecule has 2 heterocycles. The molecule has 0 radical (unpaired) electrons. The lowest BCUT2D eigenvalue weighted by Crippen LogP contribution is -2.64. The van der Waals surface area contributed by atoms with Crippen LogP contribution in [0.2, 0.25) is 0 Å². The number of nitrogens with zero attached hydrogens (tertiary/aromatic N) is 1. The van der Waals surface area contributed by atoms with Crippen LogP contribution in [-0.2, 0) is 25.5 Å². The number of halogens is 1. The van der Waals surface area contributed by atoms with Crippen molar-refractivity contribution >= 4 is 24.3 Å². The molecule has 12 heteroatoms. The largest absolute Gasteiger partial charge is 0.462 e. The van der Waals surface area contributed by atoms with Crippen LogP contribution in [0.3, 0.4) is 0 Å². The fourth-order valence-corrected chi connectivity index (χ4v) is 2.71. The second-order valence-electron chi connectivity index (χ2n) is 6.41. The number of hydrogen-bond acceptors (Lipinski definition) is 9. The summed E-state index contributed by atoms with van der Waals surface area (Å²) >= 11 is 0. The first kappa shape index (κ1) is 24.3. The molecular weight excluding hydrogens is 396 g/mol. The molecule has 1 amide bonds. The third-order valence-electron chi connectivity index (χ3n) is 4.21. The molecule has 2 unspecified atom stereocenters. The number of nitrogens with one attached hydrogen (secondary N) is 2. The van der Waals surface area contributed by atoms with E-state index in [0.29, 0.717) is 12.1 Å². The molecule has 1 fully saturated rings. The Kier molecular flexibility index (Phi) is 9.79. The van der Waals surface area contributed by atoms with Crippen LogP contribution in [0.5, 0.6) is 0 Å². The molecule has 1 aliphatic heterocycles. The van der Waals surface area contributed by atoms with E-state index in [9.17, 15) is 24.9 Å². The average molecular weight is 423 g/mol. The van der Waals surface area contributed by atoms with Crippen LogP contribution >= 0.6 is 12.4 Å². The van der Waals surface area contributed by atoms with Gasteiger partial charge in [-0.1, -0.05) is 6.92 Å². The lowest BCUT2D eigenvalue weighted by molar-refractivity contribution is -0.255. The Hall–Kier alpha value is -1.76. The van der Waals surface area contributed by atoms with Crippen LogP contribution < -0.4 is 11.1 Å². The lowest BCUT2D eigenvalue weighted by atomic mass is 9.97. The van der Waals surface area contributed by atoms with Crippen molar-refractivity contribution in [1.82, 2.24) is 15.3 Å². The van der Waals surface area contributed by atoms with E-state index < -0.39 is 49.3 Å². The smallest absolute Gasteiger partial charge is 0.323 e. The van der Waals surface area contributed by atoms with Crippen molar-refractivity contribution in [2.24, 2.45) is 5.73 Å². The van der Waals surface area contributed by atoms with E-state index >= 15 is 0 Å². The molecule has 1 aromatic heterocycles. The number of nitrogens with two attached hydrogens (primary N) is 1. The molecule has 11 nitrogen and oxygen atoms in total. The van der Waals surface area contributed by atoms with Crippen LogP contribution in [0.4, 0.5) is 0 Å². The van der Waals surface area contributed by atoms with Crippen molar-refractivity contribution in [2.75, 3.05) is 6.61 Å². The molecule has 6 atom stereocenters. The standard InChI is InChI=1S/C16H26N4O7.ClH/c1-2-3-11(21)20-12-14(23)13(22)10(27-16(12)25)6-26-15(24)9(17)4-8-5-18-7-19-8;/h5,7,9-10,12-14,16,22-23,25H,2-4,6,17H2,1H3,(H,18,19)(H,20,21);1H/t9?,10-,12-,13-,14-,16?;/m1./s1. The number of aromatic nitrogens is 2. The van der Waals surface area contributed by atoms with Gasteiger partial charge in [-0.05, 0) is 6.42 Å².